The van der Waals surface area contributed by atoms with Crippen molar-refractivity contribution in [1.82, 2.24) is 15.1 Å². The van der Waals surface area contributed by atoms with Gasteiger partial charge in [0.05, 0.1) is 6.20 Å². The van der Waals surface area contributed by atoms with E-state index in [2.05, 4.69) is 16.5 Å². The molecule has 0 bridgehead atoms. The normalized spacial score (nSPS) is 14.1. The molecule has 3 rings (SSSR count). The van der Waals surface area contributed by atoms with Gasteiger partial charge in [-0.1, -0.05) is 0 Å². The van der Waals surface area contributed by atoms with Gasteiger partial charge in [-0.15, -0.1) is 0 Å². The standard InChI is InChI=1S/C15H16N3O2/c1-18-9-12(8-16-18)11-3-2-4-14(7-11)20-10-15(19)17-13-5-6-13/h3-4,7-9,13H,5-6,10H2,1H3,(H,17,19). The van der Waals surface area contributed by atoms with Gasteiger partial charge in [-0.05, 0) is 42.7 Å². The zero-order valence-corrected chi connectivity index (χ0v) is 11.3. The van der Waals surface area contributed by atoms with Gasteiger partial charge in [-0.3, -0.25) is 9.48 Å². The molecular formula is C15H16N3O2. The summed E-state index contributed by atoms with van der Waals surface area (Å²) >= 11 is 0. The maximum Gasteiger partial charge on any atom is 0.258 e. The fourth-order valence-electron chi connectivity index (χ4n) is 1.92. The lowest BCUT2D eigenvalue weighted by Gasteiger charge is -2.07. The van der Waals surface area contributed by atoms with Crippen molar-refractivity contribution >= 4 is 5.91 Å². The quantitative estimate of drug-likeness (QED) is 0.896. The molecule has 0 atom stereocenters. The molecule has 1 saturated carbocycles. The predicted octanol–water partition coefficient (Wildman–Crippen LogP) is 1.54. The number of nitrogens with one attached hydrogen (secondary N) is 1. The first-order valence-electron chi connectivity index (χ1n) is 6.63. The summed E-state index contributed by atoms with van der Waals surface area (Å²) in [6.07, 6.45) is 5.87. The lowest BCUT2D eigenvalue weighted by atomic mass is 10.1. The highest BCUT2D eigenvalue weighted by molar-refractivity contribution is 5.78. The summed E-state index contributed by atoms with van der Waals surface area (Å²) in [7, 11) is 1.87. The van der Waals surface area contributed by atoms with Gasteiger partial charge in [0.15, 0.2) is 6.61 Å². The molecule has 0 aliphatic heterocycles. The Morgan fingerprint density at radius 1 is 1.50 bits per heavy atom. The molecule has 1 radical (unpaired) electrons. The maximum absolute atomic E-state index is 11.6. The minimum Gasteiger partial charge on any atom is -0.484 e. The number of benzene rings is 1. The van der Waals surface area contributed by atoms with Crippen LogP contribution in [0.25, 0.3) is 11.1 Å². The van der Waals surface area contributed by atoms with E-state index in [9.17, 15) is 4.79 Å². The third-order valence-corrected chi connectivity index (χ3v) is 3.11. The van der Waals surface area contributed by atoms with Gasteiger partial charge in [0.1, 0.15) is 5.75 Å². The largest absolute Gasteiger partial charge is 0.484 e. The van der Waals surface area contributed by atoms with E-state index in [0.717, 1.165) is 24.0 Å². The zero-order valence-electron chi connectivity index (χ0n) is 11.3. The van der Waals surface area contributed by atoms with Gasteiger partial charge in [-0.25, -0.2) is 0 Å². The van der Waals surface area contributed by atoms with Crippen molar-refractivity contribution in [3.63, 3.8) is 0 Å². The van der Waals surface area contributed by atoms with E-state index < -0.39 is 0 Å². The lowest BCUT2D eigenvalue weighted by molar-refractivity contribution is -0.123. The molecule has 0 saturated heterocycles. The first-order chi connectivity index (χ1) is 9.70. The Morgan fingerprint density at radius 3 is 3.05 bits per heavy atom. The highest BCUT2D eigenvalue weighted by atomic mass is 16.5. The summed E-state index contributed by atoms with van der Waals surface area (Å²) in [5.41, 5.74) is 1.97. The summed E-state index contributed by atoms with van der Waals surface area (Å²) in [5.74, 6) is 0.566. The van der Waals surface area contributed by atoms with Crippen LogP contribution < -0.4 is 10.1 Å². The van der Waals surface area contributed by atoms with Crippen molar-refractivity contribution in [1.29, 1.82) is 0 Å². The fraction of sp³-hybridized carbons (Fsp3) is 0.333. The van der Waals surface area contributed by atoms with Crippen LogP contribution in [0.15, 0.2) is 30.6 Å². The molecule has 1 fully saturated rings. The fourth-order valence-corrected chi connectivity index (χ4v) is 1.92. The Morgan fingerprint density at radius 2 is 2.35 bits per heavy atom. The number of hydrogen-bond donors (Lipinski definition) is 1. The Balaban J connectivity index is 1.63. The van der Waals surface area contributed by atoms with Crippen LogP contribution in [0.5, 0.6) is 5.75 Å². The molecule has 1 aromatic heterocycles. The Bertz CT molecular complexity index is 617. The SMILES string of the molecule is Cn1cc(-c2c[c]cc(OCC(=O)NC3CC3)c2)cn1. The third kappa shape index (κ3) is 3.17. The monoisotopic (exact) mass is 270 g/mol. The molecule has 5 nitrogen and oxygen atoms in total. The van der Waals surface area contributed by atoms with Crippen molar-refractivity contribution in [3.8, 4) is 16.9 Å². The predicted molar refractivity (Wildman–Crippen MR) is 74.1 cm³/mol. The van der Waals surface area contributed by atoms with Crippen LogP contribution in [0, 0.1) is 6.07 Å². The Kier molecular flexibility index (Phi) is 3.41. The van der Waals surface area contributed by atoms with Crippen molar-refractivity contribution in [2.24, 2.45) is 7.05 Å². The molecule has 1 aliphatic carbocycles. The van der Waals surface area contributed by atoms with Crippen LogP contribution in [-0.4, -0.2) is 28.3 Å². The van der Waals surface area contributed by atoms with E-state index in [1.54, 1.807) is 16.9 Å². The number of aryl methyl sites for hydroxylation is 1. The number of hydrogen-bond acceptors (Lipinski definition) is 3. The van der Waals surface area contributed by atoms with Gasteiger partial charge in [0.2, 0.25) is 0 Å². The maximum atomic E-state index is 11.6. The minimum absolute atomic E-state index is 0.0425. The Hall–Kier alpha value is -2.30. The van der Waals surface area contributed by atoms with Gasteiger partial charge in [-0.2, -0.15) is 5.10 Å². The first kappa shape index (κ1) is 12.7. The second-order valence-electron chi connectivity index (χ2n) is 4.99. The third-order valence-electron chi connectivity index (χ3n) is 3.11. The van der Waals surface area contributed by atoms with Crippen LogP contribution in [0.1, 0.15) is 12.8 Å². The summed E-state index contributed by atoms with van der Waals surface area (Å²) in [4.78, 5) is 11.6. The number of aromatic nitrogens is 2. The average Bonchev–Trinajstić information content (AvgIpc) is 3.15. The lowest BCUT2D eigenvalue weighted by Crippen LogP contribution is -2.30. The molecule has 1 aliphatic rings. The van der Waals surface area contributed by atoms with Gasteiger partial charge < -0.3 is 10.1 Å². The van der Waals surface area contributed by atoms with E-state index in [4.69, 9.17) is 4.74 Å². The van der Waals surface area contributed by atoms with Crippen molar-refractivity contribution in [3.05, 3.63) is 36.7 Å². The smallest absolute Gasteiger partial charge is 0.258 e. The summed E-state index contributed by atoms with van der Waals surface area (Å²) in [6.45, 7) is 0.0425. The van der Waals surface area contributed by atoms with E-state index in [1.807, 2.05) is 25.4 Å². The average molecular weight is 270 g/mol. The number of amides is 1. The first-order valence-corrected chi connectivity index (χ1v) is 6.63. The molecule has 20 heavy (non-hydrogen) atoms. The summed E-state index contributed by atoms with van der Waals surface area (Å²) < 4.78 is 7.24. The molecule has 103 valence electrons. The number of rotatable bonds is 5. The summed E-state index contributed by atoms with van der Waals surface area (Å²) in [6, 6.07) is 8.86. The zero-order chi connectivity index (χ0) is 13.9. The molecule has 1 amide bonds. The minimum atomic E-state index is -0.0701. The molecule has 1 heterocycles. The molecular weight excluding hydrogens is 254 g/mol. The number of ether oxygens (including phenoxy) is 1. The van der Waals surface area contributed by atoms with Crippen LogP contribution in [-0.2, 0) is 11.8 Å². The number of nitrogens with zero attached hydrogens (tertiary/aromatic N) is 2. The van der Waals surface area contributed by atoms with Crippen LogP contribution >= 0.6 is 0 Å². The molecule has 1 aromatic carbocycles. The number of carbonyl (C=O) groups excluding carboxylic acids is 1. The summed E-state index contributed by atoms with van der Waals surface area (Å²) in [5, 5.41) is 7.02. The van der Waals surface area contributed by atoms with Crippen LogP contribution in [0.2, 0.25) is 0 Å². The second kappa shape index (κ2) is 5.36. The van der Waals surface area contributed by atoms with Crippen molar-refractivity contribution < 1.29 is 9.53 Å². The second-order valence-corrected chi connectivity index (χ2v) is 4.99. The van der Waals surface area contributed by atoms with Crippen LogP contribution in [0.3, 0.4) is 0 Å². The van der Waals surface area contributed by atoms with Crippen molar-refractivity contribution in [2.75, 3.05) is 6.61 Å². The molecule has 1 N–H and O–H groups in total. The van der Waals surface area contributed by atoms with Gasteiger partial charge >= 0.3 is 0 Å². The molecule has 0 unspecified atom stereocenters. The number of carbonyl (C=O) groups is 1. The van der Waals surface area contributed by atoms with E-state index in [1.165, 1.54) is 0 Å². The molecule has 2 aromatic rings. The van der Waals surface area contributed by atoms with Crippen molar-refractivity contribution in [2.45, 2.75) is 18.9 Å². The van der Waals surface area contributed by atoms with E-state index >= 15 is 0 Å². The molecule has 0 spiro atoms. The van der Waals surface area contributed by atoms with Gasteiger partial charge in [0.25, 0.3) is 5.91 Å². The van der Waals surface area contributed by atoms with Gasteiger partial charge in [0, 0.05) is 24.8 Å². The highest BCUT2D eigenvalue weighted by Gasteiger charge is 2.23. The molecule has 5 heteroatoms. The highest BCUT2D eigenvalue weighted by Crippen LogP contribution is 2.23. The topological polar surface area (TPSA) is 56.1 Å². The van der Waals surface area contributed by atoms with Crippen LogP contribution in [0.4, 0.5) is 0 Å². The van der Waals surface area contributed by atoms with E-state index in [-0.39, 0.29) is 12.5 Å². The van der Waals surface area contributed by atoms with E-state index in [0.29, 0.717) is 11.8 Å². The Labute approximate surface area is 117 Å².